The Bertz CT molecular complexity index is 1240. The third-order valence-corrected chi connectivity index (χ3v) is 4.31. The van der Waals surface area contributed by atoms with Gasteiger partial charge >= 0.3 is 6.18 Å². The smallest absolute Gasteiger partial charge is 0.368 e. The number of rotatable bonds is 4. The van der Waals surface area contributed by atoms with Gasteiger partial charge in [0.15, 0.2) is 11.5 Å². The van der Waals surface area contributed by atoms with Gasteiger partial charge in [-0.15, -0.1) is 0 Å². The van der Waals surface area contributed by atoms with Crippen LogP contribution in [0.3, 0.4) is 0 Å². The molecule has 0 aliphatic heterocycles. The van der Waals surface area contributed by atoms with Crippen LogP contribution >= 0.6 is 11.6 Å². The molecule has 31 heavy (non-hydrogen) atoms. The van der Waals surface area contributed by atoms with Crippen LogP contribution in [0.1, 0.15) is 5.69 Å². The molecule has 0 aliphatic rings. The summed E-state index contributed by atoms with van der Waals surface area (Å²) in [6.45, 7) is 0. The third kappa shape index (κ3) is 4.38. The normalized spacial score (nSPS) is 11.5. The Kier molecular flexibility index (Phi) is 5.15. The van der Waals surface area contributed by atoms with Crippen molar-refractivity contribution in [2.24, 2.45) is 0 Å². The Morgan fingerprint density at radius 1 is 1.03 bits per heavy atom. The molecule has 1 aromatic carbocycles. The number of alkyl halides is 3. The van der Waals surface area contributed by atoms with E-state index in [1.807, 2.05) is 0 Å². The van der Waals surface area contributed by atoms with Gasteiger partial charge in [-0.2, -0.15) is 23.3 Å². The number of benzene rings is 1. The Hall–Kier alpha value is -3.80. The van der Waals surface area contributed by atoms with E-state index in [4.69, 9.17) is 17.3 Å². The van der Waals surface area contributed by atoms with Gasteiger partial charge in [-0.25, -0.2) is 24.0 Å². The van der Waals surface area contributed by atoms with E-state index in [2.05, 4.69) is 30.4 Å². The minimum absolute atomic E-state index is 0.0156. The maximum atomic E-state index is 13.4. The number of halogens is 5. The quantitative estimate of drug-likeness (QED) is 0.447. The lowest BCUT2D eigenvalue weighted by molar-refractivity contribution is -0.141. The van der Waals surface area contributed by atoms with Gasteiger partial charge in [0.25, 0.3) is 0 Å². The third-order valence-electron chi connectivity index (χ3n) is 4.02. The van der Waals surface area contributed by atoms with E-state index in [0.29, 0.717) is 16.8 Å². The number of hydrogen-bond acceptors (Lipinski definition) is 7. The SMILES string of the molecule is Nc1ncc(-c2cnc(Nc3ccc(F)c(Cl)c3)nc2-n2ccc(C(F)(F)F)n2)cn1. The van der Waals surface area contributed by atoms with Crippen molar-refractivity contribution in [1.29, 1.82) is 0 Å². The van der Waals surface area contributed by atoms with Gasteiger partial charge in [0.05, 0.1) is 5.02 Å². The van der Waals surface area contributed by atoms with Crippen molar-refractivity contribution in [3.63, 3.8) is 0 Å². The summed E-state index contributed by atoms with van der Waals surface area (Å²) in [5.74, 6) is -0.545. The molecule has 3 aromatic heterocycles. The highest BCUT2D eigenvalue weighted by Crippen LogP contribution is 2.30. The van der Waals surface area contributed by atoms with Crippen molar-refractivity contribution in [3.05, 3.63) is 65.6 Å². The van der Waals surface area contributed by atoms with Crippen LogP contribution in [-0.2, 0) is 6.18 Å². The van der Waals surface area contributed by atoms with Crippen molar-refractivity contribution in [2.75, 3.05) is 11.1 Å². The fourth-order valence-corrected chi connectivity index (χ4v) is 2.77. The van der Waals surface area contributed by atoms with E-state index in [9.17, 15) is 17.6 Å². The van der Waals surface area contributed by atoms with Gasteiger partial charge in [0.2, 0.25) is 11.9 Å². The van der Waals surface area contributed by atoms with Crippen molar-refractivity contribution in [1.82, 2.24) is 29.7 Å². The molecule has 0 amide bonds. The standard InChI is InChI=1S/C18H11ClF4N8/c19-12-5-10(1-2-13(12)20)28-17-27-8-11(9-6-25-16(24)26-7-9)15(29-17)31-4-3-14(30-31)18(21,22)23/h1-8H,(H2,24,25,26)(H,27,28,29). The average Bonchev–Trinajstić information content (AvgIpc) is 3.22. The zero-order valence-corrected chi connectivity index (χ0v) is 16.0. The van der Waals surface area contributed by atoms with Gasteiger partial charge in [0, 0.05) is 41.6 Å². The first kappa shape index (κ1) is 20.5. The van der Waals surface area contributed by atoms with Crippen LogP contribution in [-0.4, -0.2) is 29.7 Å². The summed E-state index contributed by atoms with van der Waals surface area (Å²) < 4.78 is 53.4. The predicted molar refractivity (Wildman–Crippen MR) is 104 cm³/mol. The average molecular weight is 451 g/mol. The molecule has 0 radical (unpaired) electrons. The summed E-state index contributed by atoms with van der Waals surface area (Å²) >= 11 is 5.77. The summed E-state index contributed by atoms with van der Waals surface area (Å²) in [6.07, 6.45) is 0.608. The molecular weight excluding hydrogens is 440 g/mol. The molecule has 8 nitrogen and oxygen atoms in total. The summed E-state index contributed by atoms with van der Waals surface area (Å²) in [5.41, 5.74) is 5.49. The molecule has 4 rings (SSSR count). The second kappa shape index (κ2) is 7.80. The zero-order valence-electron chi connectivity index (χ0n) is 15.3. The molecule has 0 saturated heterocycles. The van der Waals surface area contributed by atoms with Crippen LogP contribution in [0.15, 0.2) is 49.1 Å². The molecule has 158 valence electrons. The molecule has 3 N–H and O–H groups in total. The molecule has 0 spiro atoms. The number of nitrogens with zero attached hydrogens (tertiary/aromatic N) is 6. The van der Waals surface area contributed by atoms with E-state index in [-0.39, 0.29) is 22.7 Å². The molecule has 3 heterocycles. The van der Waals surface area contributed by atoms with E-state index in [0.717, 1.165) is 23.0 Å². The van der Waals surface area contributed by atoms with Gasteiger partial charge in [0.1, 0.15) is 5.82 Å². The zero-order chi connectivity index (χ0) is 22.2. The lowest BCUT2D eigenvalue weighted by atomic mass is 10.2. The molecule has 0 unspecified atom stereocenters. The number of nitrogen functional groups attached to an aromatic ring is 1. The highest BCUT2D eigenvalue weighted by molar-refractivity contribution is 6.31. The molecule has 0 aliphatic carbocycles. The number of anilines is 3. The van der Waals surface area contributed by atoms with Gasteiger partial charge < -0.3 is 11.1 Å². The van der Waals surface area contributed by atoms with Crippen LogP contribution < -0.4 is 11.1 Å². The first-order valence-electron chi connectivity index (χ1n) is 8.51. The van der Waals surface area contributed by atoms with Crippen LogP contribution in [0.5, 0.6) is 0 Å². The van der Waals surface area contributed by atoms with Gasteiger partial charge in [-0.05, 0) is 24.3 Å². The highest BCUT2D eigenvalue weighted by Gasteiger charge is 2.34. The minimum atomic E-state index is -4.63. The first-order valence-corrected chi connectivity index (χ1v) is 8.89. The van der Waals surface area contributed by atoms with Crippen LogP contribution in [0.25, 0.3) is 16.9 Å². The van der Waals surface area contributed by atoms with E-state index in [1.54, 1.807) is 0 Å². The largest absolute Gasteiger partial charge is 0.435 e. The molecule has 0 atom stereocenters. The minimum Gasteiger partial charge on any atom is -0.368 e. The number of nitrogens with one attached hydrogen (secondary N) is 1. The fourth-order valence-electron chi connectivity index (χ4n) is 2.58. The molecule has 13 heteroatoms. The Morgan fingerprint density at radius 2 is 1.77 bits per heavy atom. The van der Waals surface area contributed by atoms with Crippen molar-refractivity contribution < 1.29 is 17.6 Å². The lowest BCUT2D eigenvalue weighted by Crippen LogP contribution is -2.10. The number of aromatic nitrogens is 6. The van der Waals surface area contributed by atoms with E-state index < -0.39 is 17.7 Å². The Morgan fingerprint density at radius 3 is 2.42 bits per heavy atom. The Balaban J connectivity index is 1.79. The summed E-state index contributed by atoms with van der Waals surface area (Å²) in [6, 6.07) is 4.69. The molecule has 0 saturated carbocycles. The first-order chi connectivity index (χ1) is 14.7. The monoisotopic (exact) mass is 450 g/mol. The fraction of sp³-hybridized carbons (Fsp3) is 0.0556. The maximum Gasteiger partial charge on any atom is 0.435 e. The van der Waals surface area contributed by atoms with Crippen LogP contribution in [0.4, 0.5) is 35.1 Å². The summed E-state index contributed by atoms with van der Waals surface area (Å²) in [5, 5.41) is 6.26. The lowest BCUT2D eigenvalue weighted by Gasteiger charge is -2.12. The Labute approximate surface area is 176 Å². The number of nitrogens with two attached hydrogens (primary N) is 1. The number of hydrogen-bond donors (Lipinski definition) is 2. The van der Waals surface area contributed by atoms with E-state index >= 15 is 0 Å². The molecular formula is C18H11ClF4N8. The van der Waals surface area contributed by atoms with Crippen molar-refractivity contribution >= 4 is 29.2 Å². The topological polar surface area (TPSA) is 107 Å². The van der Waals surface area contributed by atoms with Crippen LogP contribution in [0.2, 0.25) is 5.02 Å². The maximum absolute atomic E-state index is 13.4. The second-order valence-corrected chi connectivity index (χ2v) is 6.57. The molecule has 0 fully saturated rings. The van der Waals surface area contributed by atoms with Gasteiger partial charge in [-0.3, -0.25) is 0 Å². The van der Waals surface area contributed by atoms with Gasteiger partial charge in [-0.1, -0.05) is 11.6 Å². The predicted octanol–water partition coefficient (Wildman–Crippen LogP) is 4.26. The van der Waals surface area contributed by atoms with E-state index in [1.165, 1.54) is 30.7 Å². The van der Waals surface area contributed by atoms with Crippen molar-refractivity contribution in [3.8, 4) is 16.9 Å². The molecule has 0 bridgehead atoms. The van der Waals surface area contributed by atoms with Crippen LogP contribution in [0, 0.1) is 5.82 Å². The second-order valence-electron chi connectivity index (χ2n) is 6.16. The molecule has 4 aromatic rings. The summed E-state index contributed by atoms with van der Waals surface area (Å²) in [7, 11) is 0. The highest BCUT2D eigenvalue weighted by atomic mass is 35.5. The van der Waals surface area contributed by atoms with Crippen molar-refractivity contribution in [2.45, 2.75) is 6.18 Å². The summed E-state index contributed by atoms with van der Waals surface area (Å²) in [4.78, 5) is 16.2.